The molecule has 2 rings (SSSR count). The number of rotatable bonds is 3. The molecule has 0 radical (unpaired) electrons. The number of hydrogen-bond acceptors (Lipinski definition) is 5. The first-order valence-corrected chi connectivity index (χ1v) is 4.84. The van der Waals surface area contributed by atoms with E-state index in [-0.39, 0.29) is 5.69 Å². The van der Waals surface area contributed by atoms with Gasteiger partial charge in [0.15, 0.2) is 11.5 Å². The molecule has 2 aromatic heterocycles. The largest absolute Gasteiger partial charge is 0.472 e. The van der Waals surface area contributed by atoms with E-state index in [0.717, 1.165) is 5.56 Å². The van der Waals surface area contributed by atoms with Crippen LogP contribution < -0.4 is 0 Å². The molecule has 0 saturated heterocycles. The molecule has 2 aromatic rings. The summed E-state index contributed by atoms with van der Waals surface area (Å²) in [4.78, 5) is 19.6. The van der Waals surface area contributed by atoms with Gasteiger partial charge in [-0.25, -0.2) is 14.8 Å². The van der Waals surface area contributed by atoms with E-state index in [1.54, 1.807) is 13.0 Å². The molecule has 82 valence electrons. The second-order valence-electron chi connectivity index (χ2n) is 3.00. The maximum Gasteiger partial charge on any atom is 0.357 e. The van der Waals surface area contributed by atoms with Gasteiger partial charge in [0, 0.05) is 6.20 Å². The van der Waals surface area contributed by atoms with Gasteiger partial charge in [0.05, 0.1) is 18.4 Å². The molecule has 5 nitrogen and oxygen atoms in total. The number of nitrogens with zero attached hydrogens (tertiary/aromatic N) is 2. The minimum atomic E-state index is -0.449. The molecule has 0 aromatic carbocycles. The van der Waals surface area contributed by atoms with E-state index in [2.05, 4.69) is 9.97 Å². The quantitative estimate of drug-likeness (QED) is 0.736. The minimum Gasteiger partial charge on any atom is -0.472 e. The van der Waals surface area contributed by atoms with Crippen molar-refractivity contribution in [3.63, 3.8) is 0 Å². The van der Waals surface area contributed by atoms with Crippen LogP contribution in [0.3, 0.4) is 0 Å². The van der Waals surface area contributed by atoms with Crippen molar-refractivity contribution in [1.82, 2.24) is 9.97 Å². The first-order chi connectivity index (χ1) is 7.81. The molecule has 2 heterocycles. The highest BCUT2D eigenvalue weighted by Gasteiger charge is 2.10. The van der Waals surface area contributed by atoms with Gasteiger partial charge in [0.2, 0.25) is 0 Å². The van der Waals surface area contributed by atoms with Crippen molar-refractivity contribution in [3.05, 3.63) is 36.5 Å². The molecule has 5 heteroatoms. The molecule has 0 fully saturated rings. The first kappa shape index (κ1) is 10.4. The summed E-state index contributed by atoms with van der Waals surface area (Å²) in [5.41, 5.74) is 0.971. The van der Waals surface area contributed by atoms with Gasteiger partial charge in [-0.2, -0.15) is 0 Å². The van der Waals surface area contributed by atoms with Gasteiger partial charge in [0.1, 0.15) is 6.26 Å². The minimum absolute atomic E-state index is 0.244. The monoisotopic (exact) mass is 218 g/mol. The van der Waals surface area contributed by atoms with Crippen LogP contribution in [0.4, 0.5) is 0 Å². The zero-order valence-electron chi connectivity index (χ0n) is 8.71. The number of ether oxygens (including phenoxy) is 1. The van der Waals surface area contributed by atoms with Crippen LogP contribution >= 0.6 is 0 Å². The Hall–Kier alpha value is -2.17. The van der Waals surface area contributed by atoms with E-state index in [1.807, 2.05) is 0 Å². The van der Waals surface area contributed by atoms with Crippen LogP contribution in [-0.2, 0) is 4.74 Å². The van der Waals surface area contributed by atoms with Gasteiger partial charge in [-0.3, -0.25) is 0 Å². The fourth-order valence-corrected chi connectivity index (χ4v) is 1.21. The Balaban J connectivity index is 2.30. The van der Waals surface area contributed by atoms with E-state index < -0.39 is 5.97 Å². The molecule has 0 unspecified atom stereocenters. The Morgan fingerprint density at radius 2 is 2.38 bits per heavy atom. The fourth-order valence-electron chi connectivity index (χ4n) is 1.21. The van der Waals surface area contributed by atoms with Crippen molar-refractivity contribution in [2.75, 3.05) is 6.61 Å². The van der Waals surface area contributed by atoms with Crippen molar-refractivity contribution < 1.29 is 13.9 Å². The average Bonchev–Trinajstić information content (AvgIpc) is 2.83. The predicted octanol–water partition coefficient (Wildman–Crippen LogP) is 1.91. The lowest BCUT2D eigenvalue weighted by molar-refractivity contribution is 0.0519. The number of esters is 1. The lowest BCUT2D eigenvalue weighted by atomic mass is 10.3. The van der Waals surface area contributed by atoms with Crippen molar-refractivity contribution in [2.45, 2.75) is 6.92 Å². The van der Waals surface area contributed by atoms with Gasteiger partial charge >= 0.3 is 5.97 Å². The number of carbonyl (C=O) groups is 1. The summed E-state index contributed by atoms with van der Waals surface area (Å²) >= 11 is 0. The highest BCUT2D eigenvalue weighted by atomic mass is 16.5. The number of furan rings is 1. The van der Waals surface area contributed by atoms with Crippen LogP contribution in [0.1, 0.15) is 17.4 Å². The topological polar surface area (TPSA) is 65.2 Å². The van der Waals surface area contributed by atoms with Crippen LogP contribution in [0, 0.1) is 0 Å². The standard InChI is InChI=1S/C11H10N2O3/c1-2-16-11(14)9-3-5-12-10(13-9)8-4-6-15-7-8/h3-7H,2H2,1H3. The van der Waals surface area contributed by atoms with Crippen molar-refractivity contribution in [2.24, 2.45) is 0 Å². The van der Waals surface area contributed by atoms with Crippen LogP contribution in [0.25, 0.3) is 11.4 Å². The van der Waals surface area contributed by atoms with Crippen LogP contribution in [0.2, 0.25) is 0 Å². The Kier molecular flexibility index (Phi) is 2.95. The normalized spacial score (nSPS) is 10.1. The number of carbonyl (C=O) groups excluding carboxylic acids is 1. The third-order valence-corrected chi connectivity index (χ3v) is 1.92. The Labute approximate surface area is 92.1 Å². The predicted molar refractivity (Wildman–Crippen MR) is 55.7 cm³/mol. The Morgan fingerprint density at radius 1 is 1.50 bits per heavy atom. The van der Waals surface area contributed by atoms with Crippen molar-refractivity contribution >= 4 is 5.97 Å². The molecule has 0 atom stereocenters. The van der Waals surface area contributed by atoms with Gasteiger partial charge < -0.3 is 9.15 Å². The van der Waals surface area contributed by atoms with Gasteiger partial charge in [-0.15, -0.1) is 0 Å². The van der Waals surface area contributed by atoms with E-state index in [4.69, 9.17) is 9.15 Å². The molecule has 0 saturated carbocycles. The van der Waals surface area contributed by atoms with Crippen molar-refractivity contribution in [3.8, 4) is 11.4 Å². The smallest absolute Gasteiger partial charge is 0.357 e. The third kappa shape index (κ3) is 2.08. The number of hydrogen-bond donors (Lipinski definition) is 0. The highest BCUT2D eigenvalue weighted by molar-refractivity contribution is 5.87. The lowest BCUT2D eigenvalue weighted by Crippen LogP contribution is -2.07. The third-order valence-electron chi connectivity index (χ3n) is 1.92. The summed E-state index contributed by atoms with van der Waals surface area (Å²) < 4.78 is 9.77. The average molecular weight is 218 g/mol. The summed E-state index contributed by atoms with van der Waals surface area (Å²) in [5, 5.41) is 0. The first-order valence-electron chi connectivity index (χ1n) is 4.84. The summed E-state index contributed by atoms with van der Waals surface area (Å²) in [6.45, 7) is 2.07. The summed E-state index contributed by atoms with van der Waals surface area (Å²) in [7, 11) is 0. The molecule has 16 heavy (non-hydrogen) atoms. The van der Waals surface area contributed by atoms with Crippen molar-refractivity contribution in [1.29, 1.82) is 0 Å². The molecule has 0 aliphatic rings. The zero-order valence-corrected chi connectivity index (χ0v) is 8.71. The zero-order chi connectivity index (χ0) is 11.4. The molecule has 0 aliphatic carbocycles. The summed E-state index contributed by atoms with van der Waals surface area (Å²) in [5.74, 6) is -0.00560. The van der Waals surface area contributed by atoms with E-state index >= 15 is 0 Å². The maximum absolute atomic E-state index is 11.4. The summed E-state index contributed by atoms with van der Waals surface area (Å²) in [6, 6.07) is 3.24. The second-order valence-corrected chi connectivity index (χ2v) is 3.00. The fraction of sp³-hybridized carbons (Fsp3) is 0.182. The molecule has 0 bridgehead atoms. The van der Waals surface area contributed by atoms with Crippen LogP contribution in [-0.4, -0.2) is 22.5 Å². The molecule has 0 aliphatic heterocycles. The Bertz CT molecular complexity index is 480. The SMILES string of the molecule is CCOC(=O)c1ccnc(-c2ccoc2)n1. The van der Waals surface area contributed by atoms with E-state index in [9.17, 15) is 4.79 Å². The van der Waals surface area contributed by atoms with Crippen LogP contribution in [0.15, 0.2) is 35.3 Å². The molecule has 0 spiro atoms. The molecule has 0 N–H and O–H groups in total. The van der Waals surface area contributed by atoms with E-state index in [0.29, 0.717) is 12.4 Å². The Morgan fingerprint density at radius 3 is 3.06 bits per heavy atom. The van der Waals surface area contributed by atoms with Gasteiger partial charge in [-0.1, -0.05) is 0 Å². The highest BCUT2D eigenvalue weighted by Crippen LogP contribution is 2.14. The van der Waals surface area contributed by atoms with E-state index in [1.165, 1.54) is 24.8 Å². The molecular weight excluding hydrogens is 208 g/mol. The summed E-state index contributed by atoms with van der Waals surface area (Å²) in [6.07, 6.45) is 4.56. The molecule has 0 amide bonds. The molecular formula is C11H10N2O3. The van der Waals surface area contributed by atoms with Gasteiger partial charge in [0.25, 0.3) is 0 Å². The lowest BCUT2D eigenvalue weighted by Gasteiger charge is -2.01. The van der Waals surface area contributed by atoms with Crippen LogP contribution in [0.5, 0.6) is 0 Å². The maximum atomic E-state index is 11.4. The number of aromatic nitrogens is 2. The second kappa shape index (κ2) is 4.57. The van der Waals surface area contributed by atoms with Gasteiger partial charge in [-0.05, 0) is 19.1 Å².